The predicted octanol–water partition coefficient (Wildman–Crippen LogP) is -0.403. The number of nitrogens with one attached hydrogen (secondary N) is 1. The first-order valence-electron chi connectivity index (χ1n) is 4.06. The zero-order chi connectivity index (χ0) is 7.97. The zero-order valence-corrected chi connectivity index (χ0v) is 6.60. The summed E-state index contributed by atoms with van der Waals surface area (Å²) < 4.78 is 0. The molecular formula is C7H10N4O. The third-order valence-electron chi connectivity index (χ3n) is 2.19. The van der Waals surface area contributed by atoms with E-state index in [-0.39, 0.29) is 0 Å². The molecule has 0 aromatic carbocycles. The zero-order valence-electron chi connectivity index (χ0n) is 6.60. The van der Waals surface area contributed by atoms with Crippen LogP contribution in [0.1, 0.15) is 0 Å². The molecule has 0 atom stereocenters. The number of fused-ring (bicyclic) bond motifs is 3. The molecule has 0 aromatic heterocycles. The summed E-state index contributed by atoms with van der Waals surface area (Å²) in [6.07, 6.45) is 5.64. The van der Waals surface area contributed by atoms with E-state index >= 15 is 0 Å². The average Bonchev–Trinajstić information content (AvgIpc) is 2.62. The maximum Gasteiger partial charge on any atom is 0.134 e. The molecule has 64 valence electrons. The van der Waals surface area contributed by atoms with Gasteiger partial charge in [0, 0.05) is 19.3 Å². The number of hydrazine groups is 2. The molecule has 0 unspecified atom stereocenters. The first-order chi connectivity index (χ1) is 5.95. The maximum atomic E-state index is 5.27. The lowest BCUT2D eigenvalue weighted by Gasteiger charge is -2.32. The van der Waals surface area contributed by atoms with Crippen LogP contribution in [0.3, 0.4) is 0 Å². The molecule has 3 aliphatic heterocycles. The number of nitrogens with zero attached hydrogens (tertiary/aromatic N) is 3. The van der Waals surface area contributed by atoms with Crippen LogP contribution < -0.4 is 5.32 Å². The Labute approximate surface area is 70.4 Å². The van der Waals surface area contributed by atoms with Crippen LogP contribution in [0.15, 0.2) is 24.4 Å². The van der Waals surface area contributed by atoms with Gasteiger partial charge in [0.1, 0.15) is 6.26 Å². The molecule has 3 rings (SSSR count). The van der Waals surface area contributed by atoms with E-state index in [1.54, 1.807) is 11.5 Å². The van der Waals surface area contributed by atoms with E-state index in [1.165, 1.54) is 5.70 Å². The number of rotatable bonds is 0. The van der Waals surface area contributed by atoms with E-state index in [0.29, 0.717) is 0 Å². The van der Waals surface area contributed by atoms with Gasteiger partial charge in [0.05, 0.1) is 23.7 Å². The Morgan fingerprint density at radius 3 is 3.50 bits per heavy atom. The Balaban J connectivity index is 1.91. The highest BCUT2D eigenvalue weighted by atomic mass is 16.8. The van der Waals surface area contributed by atoms with E-state index < -0.39 is 0 Å². The van der Waals surface area contributed by atoms with Crippen molar-refractivity contribution in [3.05, 3.63) is 24.4 Å². The van der Waals surface area contributed by atoms with Crippen molar-refractivity contribution in [2.45, 2.75) is 0 Å². The standard InChI is InChI=1S/C7H10N4O/c1-2-10-7(5-8-1)6-9-3-4-12-11(9)10/h3-4,6,8H,1-2,5H2. The molecule has 1 saturated heterocycles. The summed E-state index contributed by atoms with van der Waals surface area (Å²) in [7, 11) is 0. The van der Waals surface area contributed by atoms with E-state index in [0.717, 1.165) is 19.6 Å². The average molecular weight is 166 g/mol. The van der Waals surface area contributed by atoms with Crippen molar-refractivity contribution in [1.29, 1.82) is 0 Å². The van der Waals surface area contributed by atoms with Crippen molar-refractivity contribution in [3.8, 4) is 0 Å². The second kappa shape index (κ2) is 2.15. The van der Waals surface area contributed by atoms with Gasteiger partial charge in [-0.2, -0.15) is 0 Å². The Kier molecular flexibility index (Phi) is 1.13. The minimum Gasteiger partial charge on any atom is -0.373 e. The molecule has 5 heteroatoms. The lowest BCUT2D eigenvalue weighted by atomic mass is 10.3. The fourth-order valence-corrected chi connectivity index (χ4v) is 1.63. The minimum absolute atomic E-state index is 0.921. The van der Waals surface area contributed by atoms with Gasteiger partial charge in [-0.1, -0.05) is 0 Å². The van der Waals surface area contributed by atoms with Gasteiger partial charge >= 0.3 is 0 Å². The molecule has 1 fully saturated rings. The first-order valence-corrected chi connectivity index (χ1v) is 4.06. The fraction of sp³-hybridized carbons (Fsp3) is 0.429. The molecule has 0 bridgehead atoms. The highest BCUT2D eigenvalue weighted by Crippen LogP contribution is 2.26. The molecule has 1 N–H and O–H groups in total. The summed E-state index contributed by atoms with van der Waals surface area (Å²) in [5, 5.41) is 9.12. The molecule has 5 nitrogen and oxygen atoms in total. The smallest absolute Gasteiger partial charge is 0.134 e. The Bertz CT molecular complexity index is 262. The van der Waals surface area contributed by atoms with Gasteiger partial charge in [-0.15, -0.1) is 0 Å². The molecule has 0 amide bonds. The van der Waals surface area contributed by atoms with Crippen LogP contribution in [-0.4, -0.2) is 34.9 Å². The highest BCUT2D eigenvalue weighted by Gasteiger charge is 2.34. The first kappa shape index (κ1) is 6.33. The van der Waals surface area contributed by atoms with Crippen LogP contribution in [-0.2, 0) is 4.84 Å². The van der Waals surface area contributed by atoms with Crippen LogP contribution in [0.2, 0.25) is 0 Å². The van der Waals surface area contributed by atoms with Gasteiger partial charge in [-0.3, -0.25) is 5.01 Å². The fourth-order valence-electron chi connectivity index (χ4n) is 1.63. The topological polar surface area (TPSA) is 31.0 Å². The van der Waals surface area contributed by atoms with Crippen molar-refractivity contribution >= 4 is 0 Å². The summed E-state index contributed by atoms with van der Waals surface area (Å²) in [6.45, 7) is 2.89. The Morgan fingerprint density at radius 2 is 2.50 bits per heavy atom. The quantitative estimate of drug-likeness (QED) is 0.529. The van der Waals surface area contributed by atoms with Crippen LogP contribution in [0.25, 0.3) is 0 Å². The van der Waals surface area contributed by atoms with E-state index in [1.807, 2.05) is 11.2 Å². The van der Waals surface area contributed by atoms with Crippen molar-refractivity contribution in [3.63, 3.8) is 0 Å². The molecule has 0 radical (unpaired) electrons. The summed E-state index contributed by atoms with van der Waals surface area (Å²) in [5.41, 5.74) is 1.26. The van der Waals surface area contributed by atoms with Crippen molar-refractivity contribution in [2.24, 2.45) is 0 Å². The summed E-state index contributed by atoms with van der Waals surface area (Å²) in [4.78, 5) is 5.27. The van der Waals surface area contributed by atoms with Crippen molar-refractivity contribution < 1.29 is 4.84 Å². The lowest BCUT2D eigenvalue weighted by Crippen LogP contribution is -2.48. The van der Waals surface area contributed by atoms with Crippen LogP contribution in [0, 0.1) is 0 Å². The number of hydrogen-bond donors (Lipinski definition) is 1. The summed E-state index contributed by atoms with van der Waals surface area (Å²) in [6, 6.07) is 0. The summed E-state index contributed by atoms with van der Waals surface area (Å²) in [5.74, 6) is 0. The Morgan fingerprint density at radius 1 is 1.50 bits per heavy atom. The van der Waals surface area contributed by atoms with Crippen LogP contribution in [0.4, 0.5) is 0 Å². The van der Waals surface area contributed by atoms with Crippen molar-refractivity contribution in [1.82, 2.24) is 20.6 Å². The van der Waals surface area contributed by atoms with Crippen molar-refractivity contribution in [2.75, 3.05) is 19.6 Å². The minimum atomic E-state index is 0.921. The Hall–Kier alpha value is -1.20. The highest BCUT2D eigenvalue weighted by molar-refractivity contribution is 5.10. The molecular weight excluding hydrogens is 156 g/mol. The second-order valence-corrected chi connectivity index (χ2v) is 2.94. The number of hydrogen-bond acceptors (Lipinski definition) is 5. The van der Waals surface area contributed by atoms with Gasteiger partial charge in [-0.05, 0) is 0 Å². The van der Waals surface area contributed by atoms with E-state index in [2.05, 4.69) is 16.5 Å². The van der Waals surface area contributed by atoms with E-state index in [4.69, 9.17) is 4.84 Å². The predicted molar refractivity (Wildman–Crippen MR) is 41.6 cm³/mol. The molecule has 0 spiro atoms. The molecule has 3 heterocycles. The monoisotopic (exact) mass is 166 g/mol. The third kappa shape index (κ3) is 0.693. The molecule has 0 aliphatic carbocycles. The van der Waals surface area contributed by atoms with Gasteiger partial charge < -0.3 is 10.2 Å². The summed E-state index contributed by atoms with van der Waals surface area (Å²) >= 11 is 0. The largest absolute Gasteiger partial charge is 0.373 e. The normalized spacial score (nSPS) is 26.8. The SMILES string of the molecule is C1=CN2C=C3CNCCN3N2O1. The molecule has 12 heavy (non-hydrogen) atoms. The van der Waals surface area contributed by atoms with Crippen LogP contribution >= 0.6 is 0 Å². The molecule has 0 saturated carbocycles. The van der Waals surface area contributed by atoms with Crippen LogP contribution in [0.5, 0.6) is 0 Å². The molecule has 0 aromatic rings. The maximum absolute atomic E-state index is 5.27. The molecule has 3 aliphatic rings. The van der Waals surface area contributed by atoms with Gasteiger partial charge in [0.15, 0.2) is 0 Å². The third-order valence-corrected chi connectivity index (χ3v) is 2.19. The van der Waals surface area contributed by atoms with E-state index in [9.17, 15) is 0 Å². The van der Waals surface area contributed by atoms with Gasteiger partial charge in [0.2, 0.25) is 0 Å². The second-order valence-electron chi connectivity index (χ2n) is 2.94. The lowest BCUT2D eigenvalue weighted by molar-refractivity contribution is -0.290. The number of piperazine rings is 1. The van der Waals surface area contributed by atoms with Gasteiger partial charge in [0.25, 0.3) is 0 Å². The van der Waals surface area contributed by atoms with Gasteiger partial charge in [-0.25, -0.2) is 5.01 Å².